The van der Waals surface area contributed by atoms with E-state index in [0.29, 0.717) is 34.8 Å². The zero-order valence-electron chi connectivity index (χ0n) is 27.3. The summed E-state index contributed by atoms with van der Waals surface area (Å²) in [5, 5.41) is 3.59. The van der Waals surface area contributed by atoms with Crippen LogP contribution in [-0.4, -0.2) is 52.2 Å². The van der Waals surface area contributed by atoms with Crippen LogP contribution in [0.3, 0.4) is 0 Å². The lowest BCUT2D eigenvalue weighted by Crippen LogP contribution is -2.52. The van der Waals surface area contributed by atoms with Gasteiger partial charge in [-0.2, -0.15) is 0 Å². The molecule has 6 rings (SSSR count). The second-order valence-corrected chi connectivity index (χ2v) is 13.0. The maximum Gasteiger partial charge on any atom is 0.266 e. The highest BCUT2D eigenvalue weighted by Crippen LogP contribution is 2.26. The SMILES string of the molecule is C[C@H](CCc1ccccc1)C(=O)N1C[C@H](OCc2ccc(Cl)cc2)C[C@H]1C(=O)N[C@@H](Cc1ccc(N)cc1)C(=O)c1nc2ccccc2o1. The van der Waals surface area contributed by atoms with Gasteiger partial charge in [0.2, 0.25) is 17.6 Å². The van der Waals surface area contributed by atoms with Gasteiger partial charge in [0.25, 0.3) is 5.89 Å². The fraction of sp³-hybridized carbons (Fsp3) is 0.282. The van der Waals surface area contributed by atoms with Crippen LogP contribution in [0.25, 0.3) is 11.1 Å². The number of carbonyl (C=O) groups is 3. The van der Waals surface area contributed by atoms with Gasteiger partial charge in [-0.05, 0) is 65.9 Å². The van der Waals surface area contributed by atoms with Gasteiger partial charge in [-0.3, -0.25) is 14.4 Å². The van der Waals surface area contributed by atoms with Gasteiger partial charge in [-0.25, -0.2) is 4.98 Å². The monoisotopic (exact) mass is 678 g/mol. The smallest absolute Gasteiger partial charge is 0.266 e. The van der Waals surface area contributed by atoms with Crippen molar-refractivity contribution < 1.29 is 23.5 Å². The second-order valence-electron chi connectivity index (χ2n) is 12.6. The lowest BCUT2D eigenvalue weighted by atomic mass is 9.99. The highest BCUT2D eigenvalue weighted by atomic mass is 35.5. The first kappa shape index (κ1) is 33.9. The topological polar surface area (TPSA) is 128 Å². The first-order valence-corrected chi connectivity index (χ1v) is 16.9. The summed E-state index contributed by atoms with van der Waals surface area (Å²) in [7, 11) is 0. The van der Waals surface area contributed by atoms with E-state index < -0.39 is 23.8 Å². The quantitative estimate of drug-likeness (QED) is 0.109. The molecule has 252 valence electrons. The second kappa shape index (κ2) is 15.5. The fourth-order valence-electron chi connectivity index (χ4n) is 6.13. The molecular formula is C39H39ClN4O5. The van der Waals surface area contributed by atoms with Crippen molar-refractivity contribution in [2.45, 2.75) is 57.4 Å². The van der Waals surface area contributed by atoms with Crippen molar-refractivity contribution in [2.24, 2.45) is 5.92 Å². The van der Waals surface area contributed by atoms with Crippen LogP contribution in [0.2, 0.25) is 5.02 Å². The number of aryl methyl sites for hydroxylation is 1. The van der Waals surface area contributed by atoms with E-state index in [4.69, 9.17) is 26.5 Å². The molecule has 0 unspecified atom stereocenters. The Bertz CT molecular complexity index is 1860. The van der Waals surface area contributed by atoms with E-state index in [-0.39, 0.29) is 43.2 Å². The summed E-state index contributed by atoms with van der Waals surface area (Å²) < 4.78 is 12.0. The van der Waals surface area contributed by atoms with Gasteiger partial charge in [-0.1, -0.05) is 85.3 Å². The van der Waals surface area contributed by atoms with E-state index in [0.717, 1.165) is 23.1 Å². The Morgan fingerprint density at radius 1 is 0.939 bits per heavy atom. The highest BCUT2D eigenvalue weighted by Gasteiger charge is 2.42. The number of hydrogen-bond donors (Lipinski definition) is 2. The van der Waals surface area contributed by atoms with Crippen molar-refractivity contribution in [2.75, 3.05) is 12.3 Å². The molecule has 1 fully saturated rings. The summed E-state index contributed by atoms with van der Waals surface area (Å²) in [6, 6.07) is 29.7. The molecule has 4 atom stereocenters. The summed E-state index contributed by atoms with van der Waals surface area (Å²) in [5.41, 5.74) is 10.4. The van der Waals surface area contributed by atoms with Crippen LogP contribution in [-0.2, 0) is 33.8 Å². The first-order chi connectivity index (χ1) is 23.7. The van der Waals surface area contributed by atoms with Gasteiger partial charge in [0.05, 0.1) is 12.7 Å². The van der Waals surface area contributed by atoms with Crippen LogP contribution in [0, 0.1) is 5.92 Å². The number of para-hydroxylation sites is 2. The molecule has 1 aromatic heterocycles. The van der Waals surface area contributed by atoms with E-state index in [1.165, 1.54) is 0 Å². The number of benzene rings is 4. The predicted octanol–water partition coefficient (Wildman–Crippen LogP) is 6.43. The predicted molar refractivity (Wildman–Crippen MR) is 189 cm³/mol. The Morgan fingerprint density at radius 2 is 1.63 bits per heavy atom. The molecular weight excluding hydrogens is 640 g/mol. The molecule has 10 heteroatoms. The third-order valence-electron chi connectivity index (χ3n) is 8.94. The Kier molecular flexibility index (Phi) is 10.7. The Labute approximate surface area is 290 Å². The number of aromatic nitrogens is 1. The number of oxazole rings is 1. The number of rotatable bonds is 13. The fourth-order valence-corrected chi connectivity index (χ4v) is 6.26. The zero-order chi connectivity index (χ0) is 34.3. The molecule has 2 amide bonds. The van der Waals surface area contributed by atoms with E-state index in [1.54, 1.807) is 47.4 Å². The lowest BCUT2D eigenvalue weighted by molar-refractivity contribution is -0.141. The Morgan fingerprint density at radius 3 is 2.37 bits per heavy atom. The molecule has 3 N–H and O–H groups in total. The van der Waals surface area contributed by atoms with Crippen LogP contribution < -0.4 is 11.1 Å². The molecule has 1 aliphatic heterocycles. The molecule has 1 aliphatic rings. The van der Waals surface area contributed by atoms with Gasteiger partial charge in [0, 0.05) is 36.0 Å². The molecule has 1 saturated heterocycles. The number of ether oxygens (including phenoxy) is 1. The summed E-state index contributed by atoms with van der Waals surface area (Å²) in [4.78, 5) is 48.1. The number of nitrogens with zero attached hydrogens (tertiary/aromatic N) is 2. The zero-order valence-corrected chi connectivity index (χ0v) is 28.0. The average Bonchev–Trinajstić information content (AvgIpc) is 3.76. The molecule has 4 aromatic carbocycles. The minimum atomic E-state index is -1.01. The third-order valence-corrected chi connectivity index (χ3v) is 9.19. The minimum Gasteiger partial charge on any atom is -0.434 e. The molecule has 0 radical (unpaired) electrons. The number of nitrogens with two attached hydrogens (primary N) is 1. The van der Waals surface area contributed by atoms with Crippen LogP contribution in [0.4, 0.5) is 5.69 Å². The number of anilines is 1. The number of nitrogen functional groups attached to an aromatic ring is 1. The summed E-state index contributed by atoms with van der Waals surface area (Å²) >= 11 is 6.05. The van der Waals surface area contributed by atoms with Gasteiger partial charge in [0.15, 0.2) is 5.58 Å². The normalized spacial score (nSPS) is 17.1. The number of amides is 2. The Balaban J connectivity index is 1.22. The number of nitrogens with one attached hydrogen (secondary N) is 1. The number of fused-ring (bicyclic) bond motifs is 1. The largest absolute Gasteiger partial charge is 0.434 e. The number of likely N-dealkylation sites (tertiary alicyclic amines) is 1. The van der Waals surface area contributed by atoms with Gasteiger partial charge in [-0.15, -0.1) is 0 Å². The summed E-state index contributed by atoms with van der Waals surface area (Å²) in [6.07, 6.45) is 1.42. The number of ketones is 1. The number of halogens is 1. The molecule has 0 spiro atoms. The third kappa shape index (κ3) is 8.54. The van der Waals surface area contributed by atoms with Gasteiger partial charge >= 0.3 is 0 Å². The summed E-state index contributed by atoms with van der Waals surface area (Å²) in [5.74, 6) is -1.47. The lowest BCUT2D eigenvalue weighted by Gasteiger charge is -2.28. The molecule has 0 bridgehead atoms. The van der Waals surface area contributed by atoms with Crippen molar-refractivity contribution in [3.05, 3.63) is 131 Å². The first-order valence-electron chi connectivity index (χ1n) is 16.5. The number of Topliss-reactive ketones (excluding diaryl/α,β-unsaturated/α-hetero) is 1. The van der Waals surface area contributed by atoms with E-state index in [1.807, 2.05) is 67.6 Å². The average molecular weight is 679 g/mol. The molecule has 0 saturated carbocycles. The van der Waals surface area contributed by atoms with Crippen LogP contribution in [0.1, 0.15) is 47.1 Å². The minimum absolute atomic E-state index is 0.0972. The van der Waals surface area contributed by atoms with E-state index >= 15 is 0 Å². The van der Waals surface area contributed by atoms with Gasteiger partial charge < -0.3 is 25.1 Å². The molecule has 49 heavy (non-hydrogen) atoms. The molecule has 5 aromatic rings. The van der Waals surface area contributed by atoms with Crippen molar-refractivity contribution in [1.82, 2.24) is 15.2 Å². The number of carbonyl (C=O) groups excluding carboxylic acids is 3. The van der Waals surface area contributed by atoms with Crippen molar-refractivity contribution in [1.29, 1.82) is 0 Å². The van der Waals surface area contributed by atoms with Crippen molar-refractivity contribution in [3.63, 3.8) is 0 Å². The van der Waals surface area contributed by atoms with E-state index in [2.05, 4.69) is 10.3 Å². The number of hydrogen-bond acceptors (Lipinski definition) is 7. The maximum absolute atomic E-state index is 14.2. The van der Waals surface area contributed by atoms with Crippen molar-refractivity contribution in [3.8, 4) is 0 Å². The van der Waals surface area contributed by atoms with Crippen LogP contribution >= 0.6 is 11.6 Å². The van der Waals surface area contributed by atoms with Crippen LogP contribution in [0.5, 0.6) is 0 Å². The van der Waals surface area contributed by atoms with Crippen molar-refractivity contribution >= 4 is 46.0 Å². The van der Waals surface area contributed by atoms with Gasteiger partial charge in [0.1, 0.15) is 17.6 Å². The Hall–Kier alpha value is -4.99. The highest BCUT2D eigenvalue weighted by molar-refractivity contribution is 6.30. The standard InChI is InChI=1S/C39H39ClN4O5/c1-25(11-12-26-7-3-2-4-8-26)39(47)44-23-31(48-24-28-13-17-29(40)18-14-28)22-34(44)37(46)42-33(21-27-15-19-30(41)20-16-27)36(45)38-43-32-9-5-6-10-35(32)49-38/h2-10,13-20,25,31,33-34H,11-12,21-24,41H2,1H3,(H,42,46)/t25-,31-,33+,34+/m1/s1. The summed E-state index contributed by atoms with van der Waals surface area (Å²) in [6.45, 7) is 2.45. The molecule has 2 heterocycles. The van der Waals surface area contributed by atoms with Crippen LogP contribution in [0.15, 0.2) is 108 Å². The maximum atomic E-state index is 14.2. The van der Waals surface area contributed by atoms with E-state index in [9.17, 15) is 14.4 Å². The molecule has 9 nitrogen and oxygen atoms in total. The molecule has 0 aliphatic carbocycles.